The number of likely N-dealkylation sites (tertiary alicyclic amines) is 1. The lowest BCUT2D eigenvalue weighted by Crippen LogP contribution is -2.58. The maximum Gasteiger partial charge on any atom is 0.410 e. The van der Waals surface area contributed by atoms with Crippen LogP contribution in [0.3, 0.4) is 0 Å². The summed E-state index contributed by atoms with van der Waals surface area (Å²) in [6, 6.07) is 15.1. The predicted molar refractivity (Wildman–Crippen MR) is 158 cm³/mol. The highest BCUT2D eigenvalue weighted by Crippen LogP contribution is 2.33. The van der Waals surface area contributed by atoms with Crippen molar-refractivity contribution in [2.45, 2.75) is 18.5 Å². The molecule has 5 rings (SSSR count). The van der Waals surface area contributed by atoms with Crippen molar-refractivity contribution >= 4 is 29.6 Å². The predicted octanol–water partition coefficient (Wildman–Crippen LogP) is 5.88. The molecule has 10 nitrogen and oxygen atoms in total. The molecule has 0 bridgehead atoms. The van der Waals surface area contributed by atoms with Crippen molar-refractivity contribution in [2.75, 3.05) is 26.7 Å². The van der Waals surface area contributed by atoms with E-state index in [4.69, 9.17) is 22.1 Å². The van der Waals surface area contributed by atoms with Crippen LogP contribution in [0.2, 0.25) is 5.02 Å². The largest absolute Gasteiger partial charge is 0.447 e. The zero-order valence-electron chi connectivity index (χ0n) is 23.7. The molecule has 4 aromatic rings. The topological polar surface area (TPSA) is 119 Å². The van der Waals surface area contributed by atoms with E-state index in [1.165, 1.54) is 31.6 Å². The summed E-state index contributed by atoms with van der Waals surface area (Å²) in [5.41, 5.74) is 8.80. The van der Waals surface area contributed by atoms with Crippen molar-refractivity contribution in [3.63, 3.8) is 0 Å². The molecule has 0 aliphatic carbocycles. The van der Waals surface area contributed by atoms with Gasteiger partial charge in [-0.05, 0) is 47.5 Å². The van der Waals surface area contributed by atoms with E-state index < -0.39 is 50.2 Å². The fraction of sp³-hybridized carbons (Fsp3) is 0.233. The monoisotopic (exact) mass is 643 g/mol. The third-order valence-electron chi connectivity index (χ3n) is 7.06. The first-order chi connectivity index (χ1) is 21.5. The Bertz CT molecular complexity index is 1710. The molecular weight excluding hydrogens is 618 g/mol. The van der Waals surface area contributed by atoms with E-state index in [-0.39, 0.29) is 11.5 Å². The molecule has 1 aliphatic heterocycles. The molecular formula is C30H26ClF4N7O3. The maximum atomic E-state index is 14.0. The Labute approximate surface area is 259 Å². The average molecular weight is 644 g/mol. The second-order valence-electron chi connectivity index (χ2n) is 10.1. The smallest absolute Gasteiger partial charge is 0.410 e. The summed E-state index contributed by atoms with van der Waals surface area (Å²) in [6.07, 6.45) is 3.04. The maximum absolute atomic E-state index is 14.0. The molecule has 1 unspecified atom stereocenters. The van der Waals surface area contributed by atoms with E-state index in [0.717, 1.165) is 9.80 Å². The molecule has 1 saturated heterocycles. The fourth-order valence-corrected chi connectivity index (χ4v) is 4.94. The van der Waals surface area contributed by atoms with E-state index in [9.17, 15) is 27.2 Å². The number of carbonyl (C=O) groups is 2. The number of halogens is 5. The van der Waals surface area contributed by atoms with Crippen LogP contribution in [0.1, 0.15) is 28.5 Å². The lowest BCUT2D eigenvalue weighted by Gasteiger charge is -2.38. The number of nitrogens with zero attached hydrogens (tertiary/aromatic N) is 6. The first kappa shape index (κ1) is 31.4. The Morgan fingerprint density at radius 1 is 1.11 bits per heavy atom. The minimum atomic E-state index is -3.00. The number of ether oxygens (including phenoxy) is 1. The molecule has 2 N–H and O–H groups in total. The SMILES string of the molecule is CN=C(N)N(C(=O)c1ccc(-c2cnn(C(F)F)c2)cc1)C(COC(=O)N1CC(F)(F)C1)c1ccc(Cl)c(-c2ccccn2)c1. The summed E-state index contributed by atoms with van der Waals surface area (Å²) >= 11 is 6.49. The van der Waals surface area contributed by atoms with E-state index in [0.29, 0.717) is 37.7 Å². The lowest BCUT2D eigenvalue weighted by atomic mass is 10.00. The van der Waals surface area contributed by atoms with Crippen LogP contribution in [-0.4, -0.2) is 75.2 Å². The average Bonchev–Trinajstić information content (AvgIpc) is 3.53. The van der Waals surface area contributed by atoms with E-state index >= 15 is 0 Å². The highest BCUT2D eigenvalue weighted by atomic mass is 35.5. The molecule has 0 spiro atoms. The number of aromatic nitrogens is 3. The summed E-state index contributed by atoms with van der Waals surface area (Å²) in [4.78, 5) is 36.9. The van der Waals surface area contributed by atoms with Gasteiger partial charge in [-0.15, -0.1) is 0 Å². The molecule has 2 amide bonds. The summed E-state index contributed by atoms with van der Waals surface area (Å²) in [5.74, 6) is -3.87. The number of alkyl halides is 4. The minimum Gasteiger partial charge on any atom is -0.447 e. The van der Waals surface area contributed by atoms with Gasteiger partial charge in [0.2, 0.25) is 0 Å². The van der Waals surface area contributed by atoms with Crippen LogP contribution in [0.5, 0.6) is 0 Å². The molecule has 0 saturated carbocycles. The molecule has 2 aromatic carbocycles. The van der Waals surface area contributed by atoms with Crippen LogP contribution in [-0.2, 0) is 4.74 Å². The molecule has 1 atom stereocenters. The summed E-state index contributed by atoms with van der Waals surface area (Å²) in [5, 5.41) is 3.99. The van der Waals surface area contributed by atoms with Gasteiger partial charge in [0.15, 0.2) is 5.96 Å². The van der Waals surface area contributed by atoms with E-state index in [1.54, 1.807) is 54.7 Å². The summed E-state index contributed by atoms with van der Waals surface area (Å²) in [7, 11) is 1.37. The molecule has 15 heteroatoms. The van der Waals surface area contributed by atoms with Crippen molar-refractivity contribution in [3.05, 3.63) is 95.4 Å². The van der Waals surface area contributed by atoms with Crippen molar-refractivity contribution in [1.29, 1.82) is 0 Å². The van der Waals surface area contributed by atoms with Crippen molar-refractivity contribution < 1.29 is 31.9 Å². The molecule has 45 heavy (non-hydrogen) atoms. The van der Waals surface area contributed by atoms with Crippen LogP contribution in [0.15, 0.2) is 84.2 Å². The summed E-state index contributed by atoms with van der Waals surface area (Å²) in [6.45, 7) is -4.85. The Hall–Kier alpha value is -4.98. The quantitative estimate of drug-likeness (QED) is 0.146. The van der Waals surface area contributed by atoms with Gasteiger partial charge in [-0.3, -0.25) is 24.6 Å². The van der Waals surface area contributed by atoms with Gasteiger partial charge in [-0.2, -0.15) is 13.9 Å². The molecule has 1 aliphatic rings. The second-order valence-corrected chi connectivity index (χ2v) is 10.5. The third kappa shape index (κ3) is 6.90. The highest BCUT2D eigenvalue weighted by Gasteiger charge is 2.47. The number of amides is 2. The van der Waals surface area contributed by atoms with Gasteiger partial charge in [-0.25, -0.2) is 18.3 Å². The number of hydrogen-bond acceptors (Lipinski definition) is 6. The zero-order chi connectivity index (χ0) is 32.3. The Kier molecular flexibility index (Phi) is 9.04. The first-order valence-corrected chi connectivity index (χ1v) is 13.8. The van der Waals surface area contributed by atoms with Gasteiger partial charge in [0.1, 0.15) is 6.61 Å². The number of guanidine groups is 1. The van der Waals surface area contributed by atoms with Crippen molar-refractivity contribution in [1.82, 2.24) is 24.6 Å². The second kappa shape index (κ2) is 12.9. The first-order valence-electron chi connectivity index (χ1n) is 13.5. The fourth-order valence-electron chi connectivity index (χ4n) is 4.72. The molecule has 234 valence electrons. The third-order valence-corrected chi connectivity index (χ3v) is 7.39. The molecule has 0 radical (unpaired) electrons. The number of benzene rings is 2. The minimum absolute atomic E-state index is 0.143. The number of rotatable bonds is 8. The number of nitrogens with two attached hydrogens (primary N) is 1. The lowest BCUT2D eigenvalue weighted by molar-refractivity contribution is -0.120. The van der Waals surface area contributed by atoms with Crippen molar-refractivity contribution in [2.24, 2.45) is 10.7 Å². The van der Waals surface area contributed by atoms with E-state index in [1.807, 2.05) is 0 Å². The van der Waals surface area contributed by atoms with Crippen LogP contribution >= 0.6 is 11.6 Å². The Morgan fingerprint density at radius 2 is 1.84 bits per heavy atom. The van der Waals surface area contributed by atoms with Gasteiger partial charge < -0.3 is 10.5 Å². The van der Waals surface area contributed by atoms with Crippen LogP contribution in [0, 0.1) is 0 Å². The zero-order valence-corrected chi connectivity index (χ0v) is 24.4. The van der Waals surface area contributed by atoms with Gasteiger partial charge in [0.25, 0.3) is 11.8 Å². The normalized spacial score (nSPS) is 15.0. The number of pyridine rings is 1. The van der Waals surface area contributed by atoms with Gasteiger partial charge in [0.05, 0.1) is 31.0 Å². The Balaban J connectivity index is 1.50. The molecule has 3 heterocycles. The number of hydrogen-bond donors (Lipinski definition) is 1. The van der Waals surface area contributed by atoms with Crippen LogP contribution in [0.4, 0.5) is 22.4 Å². The van der Waals surface area contributed by atoms with E-state index in [2.05, 4.69) is 15.1 Å². The molecule has 2 aromatic heterocycles. The van der Waals surface area contributed by atoms with Gasteiger partial charge >= 0.3 is 12.6 Å². The van der Waals surface area contributed by atoms with Gasteiger partial charge in [0, 0.05) is 41.2 Å². The standard InChI is InChI=1S/C30H26ClF4N7O3/c1-37-28(36)42(26(43)19-7-5-18(6-8-19)21-13-39-41(14-21)27(32)33)25(15-45-29(44)40-16-30(34,35)17-40)20-9-10-23(31)22(12-20)24-4-2-3-11-38-24/h2-14,25,27H,15-17H2,1H3,(H2,36,37). The van der Waals surface area contributed by atoms with Gasteiger partial charge in [-0.1, -0.05) is 35.9 Å². The summed E-state index contributed by atoms with van der Waals surface area (Å²) < 4.78 is 58.7. The number of aliphatic imine (C=N–C) groups is 1. The van der Waals surface area contributed by atoms with Crippen molar-refractivity contribution in [3.8, 4) is 22.4 Å². The van der Waals surface area contributed by atoms with Crippen LogP contribution < -0.4 is 5.73 Å². The number of carbonyl (C=O) groups excluding carboxylic acids is 2. The molecule has 1 fully saturated rings. The van der Waals surface area contributed by atoms with Crippen LogP contribution in [0.25, 0.3) is 22.4 Å². The highest BCUT2D eigenvalue weighted by molar-refractivity contribution is 6.33. The Morgan fingerprint density at radius 3 is 2.44 bits per heavy atom.